The van der Waals surface area contributed by atoms with Crippen LogP contribution in [-0.2, 0) is 11.3 Å². The average molecular weight is 400 g/mol. The summed E-state index contributed by atoms with van der Waals surface area (Å²) in [6, 6.07) is 7.00. The van der Waals surface area contributed by atoms with Crippen molar-refractivity contribution >= 4 is 11.7 Å². The number of nitrogens with zero attached hydrogens (tertiary/aromatic N) is 3. The maximum atomic E-state index is 14.1. The van der Waals surface area contributed by atoms with Gasteiger partial charge in [-0.2, -0.15) is 5.10 Å². The molecule has 1 saturated carbocycles. The molecule has 1 saturated heterocycles. The number of piperidine rings is 1. The molecule has 0 atom stereocenters. The van der Waals surface area contributed by atoms with Crippen molar-refractivity contribution in [3.8, 4) is 5.75 Å². The molecule has 2 aromatic rings. The maximum absolute atomic E-state index is 14.1. The number of hydrogen-bond acceptors (Lipinski definition) is 4. The van der Waals surface area contributed by atoms with E-state index in [0.717, 1.165) is 57.4 Å². The molecule has 0 spiro atoms. The highest BCUT2D eigenvalue weighted by molar-refractivity contribution is 5.91. The minimum atomic E-state index is -0.197. The Bertz CT molecular complexity index is 839. The predicted molar refractivity (Wildman–Crippen MR) is 109 cm³/mol. The van der Waals surface area contributed by atoms with Gasteiger partial charge in [0.1, 0.15) is 17.4 Å². The SMILES string of the molecule is COc1ccc(F)c(CN2CCC(n3nccc3NC(=O)C3CCCC3)CC2)c1. The summed E-state index contributed by atoms with van der Waals surface area (Å²) in [5, 5.41) is 7.56. The summed E-state index contributed by atoms with van der Waals surface area (Å²) in [6.07, 6.45) is 7.84. The Morgan fingerprint density at radius 3 is 2.69 bits per heavy atom. The summed E-state index contributed by atoms with van der Waals surface area (Å²) in [5.74, 6) is 1.53. The zero-order chi connectivity index (χ0) is 20.2. The molecule has 1 aliphatic heterocycles. The van der Waals surface area contributed by atoms with E-state index >= 15 is 0 Å². The summed E-state index contributed by atoms with van der Waals surface area (Å²) in [6.45, 7) is 2.29. The van der Waals surface area contributed by atoms with E-state index in [1.165, 1.54) is 6.07 Å². The number of methoxy groups -OCH3 is 1. The largest absolute Gasteiger partial charge is 0.497 e. The van der Waals surface area contributed by atoms with E-state index in [1.807, 2.05) is 10.7 Å². The van der Waals surface area contributed by atoms with Crippen LogP contribution in [0.1, 0.15) is 50.1 Å². The first-order chi connectivity index (χ1) is 14.1. The molecule has 0 unspecified atom stereocenters. The molecule has 2 fully saturated rings. The number of ether oxygens (including phenoxy) is 1. The quantitative estimate of drug-likeness (QED) is 0.796. The molecular formula is C22H29FN4O2. The van der Waals surface area contributed by atoms with Gasteiger partial charge in [0.05, 0.1) is 19.3 Å². The van der Waals surface area contributed by atoms with Crippen molar-refractivity contribution in [3.05, 3.63) is 41.8 Å². The van der Waals surface area contributed by atoms with Crippen molar-refractivity contribution in [1.29, 1.82) is 0 Å². The minimum absolute atomic E-state index is 0.121. The van der Waals surface area contributed by atoms with Crippen LogP contribution in [0, 0.1) is 11.7 Å². The van der Waals surface area contributed by atoms with Crippen molar-refractivity contribution in [2.45, 2.75) is 51.1 Å². The third kappa shape index (κ3) is 4.61. The van der Waals surface area contributed by atoms with E-state index in [9.17, 15) is 9.18 Å². The van der Waals surface area contributed by atoms with Gasteiger partial charge in [0.15, 0.2) is 0 Å². The van der Waals surface area contributed by atoms with Crippen molar-refractivity contribution < 1.29 is 13.9 Å². The minimum Gasteiger partial charge on any atom is -0.497 e. The van der Waals surface area contributed by atoms with Gasteiger partial charge >= 0.3 is 0 Å². The highest BCUT2D eigenvalue weighted by Gasteiger charge is 2.26. The normalized spacial score (nSPS) is 18.8. The van der Waals surface area contributed by atoms with Gasteiger partial charge in [-0.15, -0.1) is 0 Å². The molecule has 0 bridgehead atoms. The van der Waals surface area contributed by atoms with Gasteiger partial charge in [0.25, 0.3) is 0 Å². The van der Waals surface area contributed by atoms with Crippen LogP contribution in [0.3, 0.4) is 0 Å². The number of amides is 1. The number of hydrogen-bond donors (Lipinski definition) is 1. The van der Waals surface area contributed by atoms with Gasteiger partial charge in [-0.1, -0.05) is 12.8 Å². The topological polar surface area (TPSA) is 59.4 Å². The molecular weight excluding hydrogens is 371 g/mol. The molecule has 7 heteroatoms. The van der Waals surface area contributed by atoms with Crippen LogP contribution in [0.2, 0.25) is 0 Å². The fourth-order valence-corrected chi connectivity index (χ4v) is 4.48. The Labute approximate surface area is 171 Å². The fraction of sp³-hybridized carbons (Fsp3) is 0.545. The Kier molecular flexibility index (Phi) is 6.13. The first kappa shape index (κ1) is 19.9. The Balaban J connectivity index is 1.34. The van der Waals surface area contributed by atoms with Crippen LogP contribution in [-0.4, -0.2) is 40.8 Å². The van der Waals surface area contributed by atoms with Gasteiger partial charge in [0.2, 0.25) is 5.91 Å². The second-order valence-electron chi connectivity index (χ2n) is 8.10. The van der Waals surface area contributed by atoms with Crippen molar-refractivity contribution in [1.82, 2.24) is 14.7 Å². The monoisotopic (exact) mass is 400 g/mol. The number of likely N-dealkylation sites (tertiary alicyclic amines) is 1. The standard InChI is InChI=1S/C22H29FN4O2/c1-29-19-6-7-20(23)17(14-19)15-26-12-9-18(10-13-26)27-21(8-11-24-27)25-22(28)16-4-2-3-5-16/h6-8,11,14,16,18H,2-5,9-10,12-13,15H2,1H3,(H,25,28). The lowest BCUT2D eigenvalue weighted by Crippen LogP contribution is -2.35. The van der Waals surface area contributed by atoms with Crippen molar-refractivity contribution in [3.63, 3.8) is 0 Å². The highest BCUT2D eigenvalue weighted by atomic mass is 19.1. The molecule has 0 radical (unpaired) electrons. The molecule has 1 N–H and O–H groups in total. The summed E-state index contributed by atoms with van der Waals surface area (Å²) in [7, 11) is 1.59. The molecule has 2 heterocycles. The number of carbonyl (C=O) groups excluding carboxylic acids is 1. The van der Waals surface area contributed by atoms with E-state index in [4.69, 9.17) is 4.74 Å². The summed E-state index contributed by atoms with van der Waals surface area (Å²) in [5.41, 5.74) is 0.659. The van der Waals surface area contributed by atoms with Crippen molar-refractivity contribution in [2.24, 2.45) is 5.92 Å². The third-order valence-corrected chi connectivity index (χ3v) is 6.20. The molecule has 4 rings (SSSR count). The number of benzene rings is 1. The van der Waals surface area contributed by atoms with E-state index < -0.39 is 0 Å². The molecule has 29 heavy (non-hydrogen) atoms. The first-order valence-corrected chi connectivity index (χ1v) is 10.5. The van der Waals surface area contributed by atoms with Crippen LogP contribution >= 0.6 is 0 Å². The Morgan fingerprint density at radius 1 is 1.21 bits per heavy atom. The Morgan fingerprint density at radius 2 is 1.97 bits per heavy atom. The third-order valence-electron chi connectivity index (χ3n) is 6.20. The Hall–Kier alpha value is -2.41. The lowest BCUT2D eigenvalue weighted by molar-refractivity contribution is -0.119. The number of anilines is 1. The molecule has 156 valence electrons. The van der Waals surface area contributed by atoms with Crippen LogP contribution < -0.4 is 10.1 Å². The molecule has 2 aliphatic rings. The second kappa shape index (κ2) is 8.95. The number of halogens is 1. The van der Waals surface area contributed by atoms with E-state index in [2.05, 4.69) is 15.3 Å². The number of aromatic nitrogens is 2. The second-order valence-corrected chi connectivity index (χ2v) is 8.10. The van der Waals surface area contributed by atoms with Gasteiger partial charge in [-0.3, -0.25) is 9.69 Å². The summed E-state index contributed by atoms with van der Waals surface area (Å²) < 4.78 is 21.3. The lowest BCUT2D eigenvalue weighted by atomic mass is 10.0. The van der Waals surface area contributed by atoms with Gasteiger partial charge < -0.3 is 10.1 Å². The fourth-order valence-electron chi connectivity index (χ4n) is 4.48. The molecule has 1 aliphatic carbocycles. The summed E-state index contributed by atoms with van der Waals surface area (Å²) in [4.78, 5) is 14.7. The molecule has 1 amide bonds. The van der Waals surface area contributed by atoms with Crippen LogP contribution in [0.5, 0.6) is 5.75 Å². The van der Waals surface area contributed by atoms with Crippen LogP contribution in [0.15, 0.2) is 30.5 Å². The number of carbonyl (C=O) groups is 1. The van der Waals surface area contributed by atoms with Gasteiger partial charge in [-0.25, -0.2) is 9.07 Å². The zero-order valence-corrected chi connectivity index (χ0v) is 16.9. The van der Waals surface area contributed by atoms with E-state index in [1.54, 1.807) is 25.4 Å². The predicted octanol–water partition coefficient (Wildman–Crippen LogP) is 4.00. The molecule has 6 nitrogen and oxygen atoms in total. The molecule has 1 aromatic heterocycles. The maximum Gasteiger partial charge on any atom is 0.228 e. The van der Waals surface area contributed by atoms with Gasteiger partial charge in [0, 0.05) is 37.2 Å². The highest BCUT2D eigenvalue weighted by Crippen LogP contribution is 2.29. The zero-order valence-electron chi connectivity index (χ0n) is 16.9. The number of nitrogens with one attached hydrogen (secondary N) is 1. The van der Waals surface area contributed by atoms with E-state index in [-0.39, 0.29) is 23.7 Å². The smallest absolute Gasteiger partial charge is 0.228 e. The number of rotatable bonds is 6. The molecule has 1 aromatic carbocycles. The summed E-state index contributed by atoms with van der Waals surface area (Å²) >= 11 is 0. The van der Waals surface area contributed by atoms with E-state index in [0.29, 0.717) is 17.9 Å². The van der Waals surface area contributed by atoms with Crippen molar-refractivity contribution in [2.75, 3.05) is 25.5 Å². The van der Waals surface area contributed by atoms with Crippen LogP contribution in [0.25, 0.3) is 0 Å². The average Bonchev–Trinajstić information content (AvgIpc) is 3.42. The van der Waals surface area contributed by atoms with Gasteiger partial charge in [-0.05, 0) is 43.9 Å². The van der Waals surface area contributed by atoms with Crippen LogP contribution in [0.4, 0.5) is 10.2 Å². The first-order valence-electron chi connectivity index (χ1n) is 10.5. The lowest BCUT2D eigenvalue weighted by Gasteiger charge is -2.32.